The van der Waals surface area contributed by atoms with E-state index in [0.717, 1.165) is 26.8 Å². The number of aromatic nitrogens is 1. The molecule has 0 spiro atoms. The molecule has 0 saturated heterocycles. The topological polar surface area (TPSA) is 50.9 Å². The van der Waals surface area contributed by atoms with E-state index < -0.39 is 0 Å². The average molecular weight is 252 g/mol. The Hall–Kier alpha value is -1.13. The predicted molar refractivity (Wildman–Crippen MR) is 62.0 cm³/mol. The van der Waals surface area contributed by atoms with Crippen molar-refractivity contribution in [3.05, 3.63) is 34.4 Å². The number of hydrazine groups is 1. The zero-order valence-corrected chi connectivity index (χ0v) is 9.30. The number of nitrogens with two attached hydrogens (primary N) is 1. The van der Waals surface area contributed by atoms with E-state index in [0.29, 0.717) is 0 Å². The molecule has 1 aromatic carbocycles. The van der Waals surface area contributed by atoms with Gasteiger partial charge in [0.25, 0.3) is 0 Å². The molecule has 72 valence electrons. The van der Waals surface area contributed by atoms with Crippen LogP contribution in [0.5, 0.6) is 0 Å². The Morgan fingerprint density at radius 3 is 2.86 bits per heavy atom. The summed E-state index contributed by atoms with van der Waals surface area (Å²) in [6.45, 7) is 1.95. The first-order valence-corrected chi connectivity index (χ1v) is 5.03. The second kappa shape index (κ2) is 3.55. The molecule has 3 N–H and O–H groups in total. The van der Waals surface area contributed by atoms with Crippen molar-refractivity contribution in [2.24, 2.45) is 5.84 Å². The number of nitrogen functional groups attached to an aromatic ring is 1. The summed E-state index contributed by atoms with van der Waals surface area (Å²) in [4.78, 5) is 4.41. The molecule has 0 aliphatic rings. The van der Waals surface area contributed by atoms with Gasteiger partial charge in [-0.25, -0.2) is 0 Å². The van der Waals surface area contributed by atoms with Crippen LogP contribution < -0.4 is 11.3 Å². The Morgan fingerprint density at radius 2 is 2.14 bits per heavy atom. The first kappa shape index (κ1) is 9.43. The van der Waals surface area contributed by atoms with Crippen LogP contribution in [0, 0.1) is 6.92 Å². The summed E-state index contributed by atoms with van der Waals surface area (Å²) >= 11 is 3.42. The van der Waals surface area contributed by atoms with E-state index in [4.69, 9.17) is 5.84 Å². The van der Waals surface area contributed by atoms with Gasteiger partial charge in [-0.3, -0.25) is 10.8 Å². The Morgan fingerprint density at radius 1 is 1.36 bits per heavy atom. The lowest BCUT2D eigenvalue weighted by atomic mass is 10.1. The van der Waals surface area contributed by atoms with Crippen LogP contribution in [0.2, 0.25) is 0 Å². The van der Waals surface area contributed by atoms with Crippen LogP contribution in [0.1, 0.15) is 5.69 Å². The number of nitrogens with zero attached hydrogens (tertiary/aromatic N) is 1. The van der Waals surface area contributed by atoms with Gasteiger partial charge in [0.2, 0.25) is 0 Å². The van der Waals surface area contributed by atoms with Crippen molar-refractivity contribution in [1.82, 2.24) is 4.98 Å². The monoisotopic (exact) mass is 251 g/mol. The van der Waals surface area contributed by atoms with E-state index in [1.165, 1.54) is 0 Å². The number of halogens is 1. The number of nitrogens with one attached hydrogen (secondary N) is 1. The van der Waals surface area contributed by atoms with Gasteiger partial charge in [-0.15, -0.1) is 0 Å². The zero-order valence-electron chi connectivity index (χ0n) is 7.71. The molecule has 1 heterocycles. The number of aryl methyl sites for hydroxylation is 1. The summed E-state index contributed by atoms with van der Waals surface area (Å²) in [7, 11) is 0. The van der Waals surface area contributed by atoms with Gasteiger partial charge in [-0.1, -0.05) is 15.9 Å². The molecule has 0 unspecified atom stereocenters. The number of pyridine rings is 1. The fourth-order valence-corrected chi connectivity index (χ4v) is 1.81. The van der Waals surface area contributed by atoms with Crippen LogP contribution >= 0.6 is 15.9 Å². The Labute approximate surface area is 90.4 Å². The molecule has 1 aromatic heterocycles. The quantitative estimate of drug-likeness (QED) is 0.605. The van der Waals surface area contributed by atoms with Crippen LogP contribution in [0.15, 0.2) is 28.7 Å². The highest BCUT2D eigenvalue weighted by Crippen LogP contribution is 2.25. The lowest BCUT2D eigenvalue weighted by Gasteiger charge is -2.06. The standard InChI is InChI=1S/C10H10BrN3/c1-6-4-10(14-12)8-5-7(11)2-3-9(8)13-6/h2-5H,12H2,1H3,(H,13,14). The highest BCUT2D eigenvalue weighted by atomic mass is 79.9. The highest BCUT2D eigenvalue weighted by molar-refractivity contribution is 9.10. The predicted octanol–water partition coefficient (Wildman–Crippen LogP) is 2.59. The normalized spacial score (nSPS) is 10.5. The molecule has 0 amide bonds. The molecule has 3 nitrogen and oxygen atoms in total. The second-order valence-electron chi connectivity index (χ2n) is 3.12. The summed E-state index contributed by atoms with van der Waals surface area (Å²) in [6.07, 6.45) is 0. The molecule has 0 aliphatic carbocycles. The fraction of sp³-hybridized carbons (Fsp3) is 0.100. The average Bonchev–Trinajstić information content (AvgIpc) is 2.17. The molecule has 0 aliphatic heterocycles. The van der Waals surface area contributed by atoms with Crippen LogP contribution in [-0.4, -0.2) is 4.98 Å². The molecule has 14 heavy (non-hydrogen) atoms. The van der Waals surface area contributed by atoms with Crippen LogP contribution in [0.25, 0.3) is 10.9 Å². The Balaban J connectivity index is 2.81. The van der Waals surface area contributed by atoms with Crippen LogP contribution in [0.4, 0.5) is 5.69 Å². The van der Waals surface area contributed by atoms with Crippen molar-refractivity contribution in [1.29, 1.82) is 0 Å². The van der Waals surface area contributed by atoms with Gasteiger partial charge in [0, 0.05) is 15.6 Å². The summed E-state index contributed by atoms with van der Waals surface area (Å²) in [5.41, 5.74) is 5.47. The molecule has 0 saturated carbocycles. The van der Waals surface area contributed by atoms with Crippen molar-refractivity contribution in [3.63, 3.8) is 0 Å². The van der Waals surface area contributed by atoms with Gasteiger partial charge in [0.05, 0.1) is 11.2 Å². The minimum atomic E-state index is 0.897. The minimum absolute atomic E-state index is 0.897. The molecular weight excluding hydrogens is 242 g/mol. The maximum absolute atomic E-state index is 5.44. The second-order valence-corrected chi connectivity index (χ2v) is 4.03. The molecule has 2 rings (SSSR count). The van der Waals surface area contributed by atoms with Gasteiger partial charge >= 0.3 is 0 Å². The Kier molecular flexibility index (Phi) is 2.39. The van der Waals surface area contributed by atoms with Crippen LogP contribution in [-0.2, 0) is 0 Å². The first-order chi connectivity index (χ1) is 6.70. The number of benzene rings is 1. The molecule has 0 bridgehead atoms. The number of anilines is 1. The maximum Gasteiger partial charge on any atom is 0.0727 e. The lowest BCUT2D eigenvalue weighted by Crippen LogP contribution is -2.07. The third kappa shape index (κ3) is 1.58. The largest absolute Gasteiger partial charge is 0.323 e. The maximum atomic E-state index is 5.44. The number of fused-ring (bicyclic) bond motifs is 1. The van der Waals surface area contributed by atoms with E-state index in [1.807, 2.05) is 31.2 Å². The van der Waals surface area contributed by atoms with E-state index in [9.17, 15) is 0 Å². The lowest BCUT2D eigenvalue weighted by molar-refractivity contribution is 1.24. The van der Waals surface area contributed by atoms with Crippen molar-refractivity contribution < 1.29 is 0 Å². The van der Waals surface area contributed by atoms with Gasteiger partial charge in [0.1, 0.15) is 0 Å². The summed E-state index contributed by atoms with van der Waals surface area (Å²) in [5.74, 6) is 5.44. The smallest absolute Gasteiger partial charge is 0.0727 e. The third-order valence-electron chi connectivity index (χ3n) is 2.05. The molecular formula is C10H10BrN3. The number of hydrogen-bond acceptors (Lipinski definition) is 3. The zero-order chi connectivity index (χ0) is 10.1. The summed E-state index contributed by atoms with van der Waals surface area (Å²) < 4.78 is 1.02. The van der Waals surface area contributed by atoms with Crippen molar-refractivity contribution in [2.75, 3.05) is 5.43 Å². The van der Waals surface area contributed by atoms with Gasteiger partial charge in [-0.05, 0) is 31.2 Å². The van der Waals surface area contributed by atoms with E-state index in [2.05, 4.69) is 26.3 Å². The van der Waals surface area contributed by atoms with Gasteiger partial charge < -0.3 is 5.43 Å². The molecule has 2 aromatic rings. The number of hydrogen-bond donors (Lipinski definition) is 2. The number of rotatable bonds is 1. The molecule has 0 atom stereocenters. The van der Waals surface area contributed by atoms with Gasteiger partial charge in [-0.2, -0.15) is 0 Å². The fourth-order valence-electron chi connectivity index (χ4n) is 1.45. The Bertz CT molecular complexity index is 482. The summed E-state index contributed by atoms with van der Waals surface area (Å²) in [6, 6.07) is 7.86. The highest BCUT2D eigenvalue weighted by Gasteiger charge is 2.02. The van der Waals surface area contributed by atoms with Crippen molar-refractivity contribution in [2.45, 2.75) is 6.92 Å². The van der Waals surface area contributed by atoms with Crippen molar-refractivity contribution in [3.8, 4) is 0 Å². The minimum Gasteiger partial charge on any atom is -0.323 e. The van der Waals surface area contributed by atoms with Crippen molar-refractivity contribution >= 4 is 32.5 Å². The summed E-state index contributed by atoms with van der Waals surface area (Å²) in [5, 5.41) is 1.02. The van der Waals surface area contributed by atoms with Gasteiger partial charge in [0.15, 0.2) is 0 Å². The molecule has 0 radical (unpaired) electrons. The molecule has 4 heteroatoms. The first-order valence-electron chi connectivity index (χ1n) is 4.24. The van der Waals surface area contributed by atoms with E-state index in [-0.39, 0.29) is 0 Å². The van der Waals surface area contributed by atoms with E-state index >= 15 is 0 Å². The van der Waals surface area contributed by atoms with E-state index in [1.54, 1.807) is 0 Å². The third-order valence-corrected chi connectivity index (χ3v) is 2.55. The molecule has 0 fully saturated rings. The van der Waals surface area contributed by atoms with Crippen LogP contribution in [0.3, 0.4) is 0 Å². The SMILES string of the molecule is Cc1cc(NN)c2cc(Br)ccc2n1.